The number of sulfone groups is 1. The Morgan fingerprint density at radius 1 is 1.10 bits per heavy atom. The molecule has 0 fully saturated rings. The molecule has 0 bridgehead atoms. The second-order valence-corrected chi connectivity index (χ2v) is 7.17. The van der Waals surface area contributed by atoms with Crippen molar-refractivity contribution < 1.29 is 18.3 Å². The van der Waals surface area contributed by atoms with Gasteiger partial charge in [0.2, 0.25) is 0 Å². The fraction of sp³-hybridized carbons (Fsp3) is 0.533. The van der Waals surface area contributed by atoms with Gasteiger partial charge in [-0.05, 0) is 30.7 Å². The molecule has 0 saturated carbocycles. The van der Waals surface area contributed by atoms with Gasteiger partial charge in [0.25, 0.3) is 0 Å². The van der Waals surface area contributed by atoms with Crippen LogP contribution < -0.4 is 4.90 Å². The van der Waals surface area contributed by atoms with Gasteiger partial charge in [0.05, 0.1) is 10.6 Å². The topological polar surface area (TPSA) is 74.7 Å². The van der Waals surface area contributed by atoms with Gasteiger partial charge in [-0.3, -0.25) is 4.90 Å². The van der Waals surface area contributed by atoms with Crippen LogP contribution in [0.3, 0.4) is 0 Å². The van der Waals surface area contributed by atoms with Gasteiger partial charge < -0.3 is 5.11 Å². The number of amides is 1. The second kappa shape index (κ2) is 8.02. The average molecular weight is 313 g/mol. The molecule has 21 heavy (non-hydrogen) atoms. The molecule has 118 valence electrons. The summed E-state index contributed by atoms with van der Waals surface area (Å²) in [6.45, 7) is 4.11. The maximum absolute atomic E-state index is 11.7. The van der Waals surface area contributed by atoms with Gasteiger partial charge in [-0.15, -0.1) is 0 Å². The Morgan fingerprint density at radius 2 is 1.71 bits per heavy atom. The van der Waals surface area contributed by atoms with Crippen LogP contribution in [0.5, 0.6) is 0 Å². The standard InChI is InChI=1S/C15H23NO4S/c1-3-5-6-7-12-16(15(17)18)13-8-10-14(11-9-13)21(19,20)4-2/h8-11H,3-7,12H2,1-2H3,(H,17,18). The molecule has 1 rings (SSSR count). The molecule has 6 heteroatoms. The third-order valence-electron chi connectivity index (χ3n) is 3.35. The highest BCUT2D eigenvalue weighted by molar-refractivity contribution is 7.91. The van der Waals surface area contributed by atoms with Crippen LogP contribution in [0.4, 0.5) is 10.5 Å². The zero-order valence-electron chi connectivity index (χ0n) is 12.6. The van der Waals surface area contributed by atoms with Crippen molar-refractivity contribution in [3.05, 3.63) is 24.3 Å². The zero-order valence-corrected chi connectivity index (χ0v) is 13.4. The van der Waals surface area contributed by atoms with E-state index in [1.165, 1.54) is 17.0 Å². The molecule has 1 amide bonds. The highest BCUT2D eigenvalue weighted by Gasteiger charge is 2.16. The highest BCUT2D eigenvalue weighted by atomic mass is 32.2. The van der Waals surface area contributed by atoms with Crippen LogP contribution in [0, 0.1) is 0 Å². The number of carboxylic acid groups (broad SMARTS) is 1. The van der Waals surface area contributed by atoms with Gasteiger partial charge in [-0.2, -0.15) is 0 Å². The van der Waals surface area contributed by atoms with E-state index in [9.17, 15) is 18.3 Å². The molecular formula is C15H23NO4S. The van der Waals surface area contributed by atoms with Gasteiger partial charge in [0.1, 0.15) is 0 Å². The minimum Gasteiger partial charge on any atom is -0.465 e. The predicted octanol–water partition coefficient (Wildman–Crippen LogP) is 3.54. The lowest BCUT2D eigenvalue weighted by Gasteiger charge is -2.19. The Bertz CT molecular complexity index is 552. The number of unbranched alkanes of at least 4 members (excludes halogenated alkanes) is 3. The quantitative estimate of drug-likeness (QED) is 0.745. The fourth-order valence-electron chi connectivity index (χ4n) is 2.03. The summed E-state index contributed by atoms with van der Waals surface area (Å²) in [5.41, 5.74) is 0.508. The molecule has 0 radical (unpaired) electrons. The summed E-state index contributed by atoms with van der Waals surface area (Å²) in [5.74, 6) is 0.0337. The Hall–Kier alpha value is -1.56. The van der Waals surface area contributed by atoms with Crippen molar-refractivity contribution in [2.24, 2.45) is 0 Å². The lowest BCUT2D eigenvalue weighted by Crippen LogP contribution is -2.30. The molecule has 0 atom stereocenters. The summed E-state index contributed by atoms with van der Waals surface area (Å²) in [7, 11) is -3.25. The summed E-state index contributed by atoms with van der Waals surface area (Å²) >= 11 is 0. The van der Waals surface area contributed by atoms with Gasteiger partial charge in [-0.25, -0.2) is 13.2 Å². The van der Waals surface area contributed by atoms with Crippen LogP contribution in [0.15, 0.2) is 29.2 Å². The van der Waals surface area contributed by atoms with Crippen LogP contribution in [-0.4, -0.2) is 31.9 Å². The first-order valence-corrected chi connectivity index (χ1v) is 8.91. The van der Waals surface area contributed by atoms with E-state index in [4.69, 9.17) is 0 Å². The molecule has 0 unspecified atom stereocenters. The molecule has 1 aromatic rings. The van der Waals surface area contributed by atoms with E-state index in [-0.39, 0.29) is 10.6 Å². The Balaban J connectivity index is 2.83. The van der Waals surface area contributed by atoms with Crippen molar-refractivity contribution in [1.82, 2.24) is 0 Å². The predicted molar refractivity (Wildman–Crippen MR) is 83.7 cm³/mol. The molecule has 0 saturated heterocycles. The first-order chi connectivity index (χ1) is 9.92. The summed E-state index contributed by atoms with van der Waals surface area (Å²) in [6, 6.07) is 6.04. The minimum absolute atomic E-state index is 0.0337. The number of nitrogens with zero attached hydrogens (tertiary/aromatic N) is 1. The molecule has 0 aliphatic rings. The van der Waals surface area contributed by atoms with Crippen molar-refractivity contribution >= 4 is 21.6 Å². The van der Waals surface area contributed by atoms with E-state index < -0.39 is 15.9 Å². The molecule has 1 N–H and O–H groups in total. The molecule has 0 aromatic heterocycles. The van der Waals surface area contributed by atoms with Crippen LogP contribution in [0.1, 0.15) is 39.5 Å². The lowest BCUT2D eigenvalue weighted by molar-refractivity contribution is 0.201. The molecule has 0 heterocycles. The van der Waals surface area contributed by atoms with Crippen LogP contribution in [0.25, 0.3) is 0 Å². The number of benzene rings is 1. The summed E-state index contributed by atoms with van der Waals surface area (Å²) in [4.78, 5) is 12.8. The number of anilines is 1. The van der Waals surface area contributed by atoms with Crippen LogP contribution >= 0.6 is 0 Å². The molecule has 0 spiro atoms. The smallest absolute Gasteiger partial charge is 0.411 e. The fourth-order valence-corrected chi connectivity index (χ4v) is 2.92. The number of carbonyl (C=O) groups is 1. The van der Waals surface area contributed by atoms with Gasteiger partial charge >= 0.3 is 6.09 Å². The monoisotopic (exact) mass is 313 g/mol. The first kappa shape index (κ1) is 17.5. The maximum atomic E-state index is 11.7. The third-order valence-corrected chi connectivity index (χ3v) is 5.10. The second-order valence-electron chi connectivity index (χ2n) is 4.89. The van der Waals surface area contributed by atoms with Crippen LogP contribution in [0.2, 0.25) is 0 Å². The Morgan fingerprint density at radius 3 is 2.19 bits per heavy atom. The molecule has 1 aromatic carbocycles. The van der Waals surface area contributed by atoms with Gasteiger partial charge in [0, 0.05) is 12.2 Å². The number of hydrogen-bond acceptors (Lipinski definition) is 3. The Kier molecular flexibility index (Phi) is 6.68. The van der Waals surface area contributed by atoms with Crippen molar-refractivity contribution in [3.63, 3.8) is 0 Å². The lowest BCUT2D eigenvalue weighted by atomic mass is 10.2. The average Bonchev–Trinajstić information content (AvgIpc) is 2.47. The SMILES string of the molecule is CCCCCCN(C(=O)O)c1ccc(S(=O)(=O)CC)cc1. The number of rotatable bonds is 8. The summed E-state index contributed by atoms with van der Waals surface area (Å²) in [6.07, 6.45) is 2.95. The van der Waals surface area contributed by atoms with Gasteiger partial charge in [-0.1, -0.05) is 33.1 Å². The van der Waals surface area contributed by atoms with E-state index in [0.29, 0.717) is 12.2 Å². The molecule has 0 aliphatic carbocycles. The maximum Gasteiger partial charge on any atom is 0.411 e. The normalized spacial score (nSPS) is 11.3. The third kappa shape index (κ3) is 5.04. The summed E-state index contributed by atoms with van der Waals surface area (Å²) < 4.78 is 23.5. The van der Waals surface area contributed by atoms with Crippen LogP contribution in [-0.2, 0) is 9.84 Å². The van der Waals surface area contributed by atoms with Crippen molar-refractivity contribution in [3.8, 4) is 0 Å². The number of hydrogen-bond donors (Lipinski definition) is 1. The molecule has 0 aliphatic heterocycles. The largest absolute Gasteiger partial charge is 0.465 e. The van der Waals surface area contributed by atoms with Crippen molar-refractivity contribution in [1.29, 1.82) is 0 Å². The van der Waals surface area contributed by atoms with E-state index >= 15 is 0 Å². The molecule has 5 nitrogen and oxygen atoms in total. The van der Waals surface area contributed by atoms with E-state index in [1.54, 1.807) is 19.1 Å². The molecular weight excluding hydrogens is 290 g/mol. The Labute approximate surface area is 126 Å². The summed E-state index contributed by atoms with van der Waals surface area (Å²) in [5, 5.41) is 9.27. The van der Waals surface area contributed by atoms with Gasteiger partial charge in [0.15, 0.2) is 9.84 Å². The first-order valence-electron chi connectivity index (χ1n) is 7.25. The zero-order chi connectivity index (χ0) is 15.9. The van der Waals surface area contributed by atoms with E-state index in [0.717, 1.165) is 25.7 Å². The highest BCUT2D eigenvalue weighted by Crippen LogP contribution is 2.20. The van der Waals surface area contributed by atoms with E-state index in [2.05, 4.69) is 6.92 Å². The minimum atomic E-state index is -3.25. The van der Waals surface area contributed by atoms with Crippen molar-refractivity contribution in [2.75, 3.05) is 17.2 Å². The van der Waals surface area contributed by atoms with E-state index in [1.807, 2.05) is 0 Å². The van der Waals surface area contributed by atoms with Crippen molar-refractivity contribution in [2.45, 2.75) is 44.4 Å².